The summed E-state index contributed by atoms with van der Waals surface area (Å²) >= 11 is 0. The zero-order valence-corrected chi connectivity index (χ0v) is 7.18. The number of allylic oxidation sites excluding steroid dienone is 1. The Balaban J connectivity index is 2.27. The van der Waals surface area contributed by atoms with Crippen molar-refractivity contribution in [3.05, 3.63) is 12.2 Å². The lowest BCUT2D eigenvalue weighted by atomic mass is 9.76. The number of carbonyl (C=O) groups is 1. The average Bonchev–Trinajstić information content (AvgIpc) is 2.24. The molecule has 1 N–H and O–H groups in total. The minimum absolute atomic E-state index is 0.114. The van der Waals surface area contributed by atoms with E-state index in [-0.39, 0.29) is 12.0 Å². The van der Waals surface area contributed by atoms with Crippen LogP contribution in [-0.4, -0.2) is 17.5 Å². The Morgan fingerprint density at radius 1 is 1.58 bits per heavy atom. The Morgan fingerprint density at radius 2 is 2.33 bits per heavy atom. The molecule has 2 aliphatic rings. The van der Waals surface area contributed by atoms with Crippen LogP contribution in [0.1, 0.15) is 25.7 Å². The van der Waals surface area contributed by atoms with Gasteiger partial charge in [0, 0.05) is 24.9 Å². The first-order valence-electron chi connectivity index (χ1n) is 4.45. The van der Waals surface area contributed by atoms with Crippen LogP contribution in [-0.2, 0) is 4.79 Å². The molecule has 2 heteroatoms. The normalized spacial score (nSPS) is 40.6. The number of rotatable bonds is 1. The van der Waals surface area contributed by atoms with Gasteiger partial charge in [-0.05, 0) is 18.8 Å². The van der Waals surface area contributed by atoms with E-state index in [4.69, 9.17) is 0 Å². The van der Waals surface area contributed by atoms with Gasteiger partial charge in [0.15, 0.2) is 0 Å². The maximum atomic E-state index is 11.3. The molecule has 2 aliphatic carbocycles. The average molecular weight is 166 g/mol. The molecule has 2 atom stereocenters. The third-order valence-electron chi connectivity index (χ3n) is 3.24. The molecule has 0 heterocycles. The fourth-order valence-corrected chi connectivity index (χ4v) is 2.66. The highest BCUT2D eigenvalue weighted by Gasteiger charge is 2.46. The summed E-state index contributed by atoms with van der Waals surface area (Å²) in [4.78, 5) is 11.3. The van der Waals surface area contributed by atoms with Gasteiger partial charge in [-0.15, -0.1) is 0 Å². The summed E-state index contributed by atoms with van der Waals surface area (Å²) in [7, 11) is 0. The fourth-order valence-electron chi connectivity index (χ4n) is 2.66. The van der Waals surface area contributed by atoms with Crippen molar-refractivity contribution in [3.63, 3.8) is 0 Å². The van der Waals surface area contributed by atoms with Gasteiger partial charge in [-0.3, -0.25) is 4.79 Å². The fraction of sp³-hybridized carbons (Fsp3) is 0.700. The molecule has 0 aromatic heterocycles. The first-order valence-corrected chi connectivity index (χ1v) is 4.45. The summed E-state index contributed by atoms with van der Waals surface area (Å²) in [6, 6.07) is 0. The summed E-state index contributed by atoms with van der Waals surface area (Å²) in [6.45, 7) is 4.11. The molecular weight excluding hydrogens is 152 g/mol. The monoisotopic (exact) mass is 166 g/mol. The van der Waals surface area contributed by atoms with Crippen LogP contribution in [0.2, 0.25) is 0 Å². The third kappa shape index (κ3) is 1.02. The Labute approximate surface area is 72.3 Å². The number of aliphatic hydroxyl groups is 1. The van der Waals surface area contributed by atoms with E-state index in [1.54, 1.807) is 0 Å². The first-order chi connectivity index (χ1) is 5.65. The molecular formula is C10H14O2. The molecule has 2 fully saturated rings. The summed E-state index contributed by atoms with van der Waals surface area (Å²) in [5.41, 5.74) is 1.06. The number of hydrogen-bond donors (Lipinski definition) is 1. The second-order valence-electron chi connectivity index (χ2n) is 4.31. The van der Waals surface area contributed by atoms with Crippen LogP contribution < -0.4 is 0 Å². The molecule has 0 amide bonds. The van der Waals surface area contributed by atoms with Crippen molar-refractivity contribution in [1.29, 1.82) is 0 Å². The Kier molecular flexibility index (Phi) is 1.62. The quantitative estimate of drug-likeness (QED) is 0.596. The topological polar surface area (TPSA) is 37.3 Å². The predicted octanol–water partition coefficient (Wildman–Crippen LogP) is 1.29. The van der Waals surface area contributed by atoms with E-state index in [9.17, 15) is 9.90 Å². The minimum Gasteiger partial charge on any atom is -0.396 e. The maximum Gasteiger partial charge on any atom is 0.134 e. The molecule has 0 aromatic rings. The Hall–Kier alpha value is -0.630. The van der Waals surface area contributed by atoms with Crippen LogP contribution in [0.5, 0.6) is 0 Å². The van der Waals surface area contributed by atoms with Crippen LogP contribution in [0.4, 0.5) is 0 Å². The summed E-state index contributed by atoms with van der Waals surface area (Å²) in [5, 5.41) is 9.21. The summed E-state index contributed by atoms with van der Waals surface area (Å²) in [6.07, 6.45) is 3.08. The van der Waals surface area contributed by atoms with E-state index in [1.807, 2.05) is 0 Å². The molecule has 0 saturated heterocycles. The molecule has 0 aromatic carbocycles. The number of aliphatic hydroxyl groups excluding tert-OH is 1. The van der Waals surface area contributed by atoms with E-state index >= 15 is 0 Å². The van der Waals surface area contributed by atoms with E-state index in [2.05, 4.69) is 6.58 Å². The van der Waals surface area contributed by atoms with Crippen molar-refractivity contribution in [2.24, 2.45) is 11.3 Å². The highest BCUT2D eigenvalue weighted by atomic mass is 16.3. The Morgan fingerprint density at radius 3 is 3.00 bits per heavy atom. The van der Waals surface area contributed by atoms with Crippen molar-refractivity contribution in [2.45, 2.75) is 25.7 Å². The lowest BCUT2D eigenvalue weighted by Gasteiger charge is -2.29. The highest BCUT2D eigenvalue weighted by Crippen LogP contribution is 2.51. The van der Waals surface area contributed by atoms with Gasteiger partial charge in [0.25, 0.3) is 0 Å². The number of ketones is 1. The standard InChI is InChI=1S/C10H14O2/c1-7-3-10(6-11)4-8(7)2-9(12)5-10/h8,11H,1-6H2. The van der Waals surface area contributed by atoms with Crippen molar-refractivity contribution in [2.75, 3.05) is 6.61 Å². The number of hydrogen-bond acceptors (Lipinski definition) is 2. The largest absolute Gasteiger partial charge is 0.396 e. The van der Waals surface area contributed by atoms with Gasteiger partial charge in [-0.2, -0.15) is 0 Å². The van der Waals surface area contributed by atoms with Crippen molar-refractivity contribution < 1.29 is 9.90 Å². The van der Waals surface area contributed by atoms with Gasteiger partial charge in [-0.25, -0.2) is 0 Å². The smallest absolute Gasteiger partial charge is 0.134 e. The highest BCUT2D eigenvalue weighted by molar-refractivity contribution is 5.81. The lowest BCUT2D eigenvalue weighted by Crippen LogP contribution is -2.29. The minimum atomic E-state index is -0.114. The van der Waals surface area contributed by atoms with Gasteiger partial charge in [0.05, 0.1) is 0 Å². The molecule has 0 spiro atoms. The van der Waals surface area contributed by atoms with Gasteiger partial charge in [-0.1, -0.05) is 12.2 Å². The number of carbonyl (C=O) groups excluding carboxylic acids is 1. The van der Waals surface area contributed by atoms with E-state index in [0.717, 1.165) is 12.8 Å². The Bertz CT molecular complexity index is 240. The second kappa shape index (κ2) is 2.43. The molecule has 0 aliphatic heterocycles. The molecule has 0 radical (unpaired) electrons. The van der Waals surface area contributed by atoms with Gasteiger partial charge < -0.3 is 5.11 Å². The zero-order chi connectivity index (χ0) is 8.77. The molecule has 12 heavy (non-hydrogen) atoms. The van der Waals surface area contributed by atoms with E-state index in [1.165, 1.54) is 5.57 Å². The van der Waals surface area contributed by atoms with E-state index in [0.29, 0.717) is 24.5 Å². The van der Waals surface area contributed by atoms with Crippen LogP contribution in [0.25, 0.3) is 0 Å². The van der Waals surface area contributed by atoms with Crippen LogP contribution >= 0.6 is 0 Å². The van der Waals surface area contributed by atoms with Crippen LogP contribution in [0, 0.1) is 11.3 Å². The van der Waals surface area contributed by atoms with Crippen LogP contribution in [0.3, 0.4) is 0 Å². The van der Waals surface area contributed by atoms with E-state index < -0.39 is 0 Å². The molecule has 2 nitrogen and oxygen atoms in total. The molecule has 2 unspecified atom stereocenters. The molecule has 2 bridgehead atoms. The van der Waals surface area contributed by atoms with Crippen LogP contribution in [0.15, 0.2) is 12.2 Å². The molecule has 66 valence electrons. The van der Waals surface area contributed by atoms with Crippen molar-refractivity contribution in [3.8, 4) is 0 Å². The number of Topliss-reactive ketones (excluding diaryl/α,β-unsaturated/α-hetero) is 1. The summed E-state index contributed by atoms with van der Waals surface area (Å²) in [5.74, 6) is 0.678. The third-order valence-corrected chi connectivity index (χ3v) is 3.24. The van der Waals surface area contributed by atoms with Gasteiger partial charge in [0.2, 0.25) is 0 Å². The number of fused-ring (bicyclic) bond motifs is 2. The van der Waals surface area contributed by atoms with Gasteiger partial charge >= 0.3 is 0 Å². The van der Waals surface area contributed by atoms with Gasteiger partial charge in [0.1, 0.15) is 5.78 Å². The first kappa shape index (κ1) is 7.99. The SMILES string of the molecule is C=C1CC2(CO)CC(=O)CC1C2. The summed E-state index contributed by atoms with van der Waals surface area (Å²) < 4.78 is 0. The molecule has 2 rings (SSSR count). The maximum absolute atomic E-state index is 11.3. The predicted molar refractivity (Wildman–Crippen MR) is 45.6 cm³/mol. The van der Waals surface area contributed by atoms with Crippen molar-refractivity contribution >= 4 is 5.78 Å². The zero-order valence-electron chi connectivity index (χ0n) is 7.18. The van der Waals surface area contributed by atoms with Crippen molar-refractivity contribution in [1.82, 2.24) is 0 Å². The molecule has 2 saturated carbocycles. The lowest BCUT2D eigenvalue weighted by molar-refractivity contribution is -0.124. The second-order valence-corrected chi connectivity index (χ2v) is 4.31.